The summed E-state index contributed by atoms with van der Waals surface area (Å²) in [6, 6.07) is 1.41. The summed E-state index contributed by atoms with van der Waals surface area (Å²) in [5.41, 5.74) is 2.52. The van der Waals surface area contributed by atoms with E-state index in [4.69, 9.17) is 17.4 Å². The van der Waals surface area contributed by atoms with Gasteiger partial charge in [0.25, 0.3) is 0 Å². The number of esters is 1. The number of nitrogens with one attached hydrogen (secondary N) is 1. The first kappa shape index (κ1) is 9.76. The van der Waals surface area contributed by atoms with Crippen molar-refractivity contribution in [2.24, 2.45) is 5.84 Å². The Morgan fingerprint density at radius 3 is 3.00 bits per heavy atom. The maximum atomic E-state index is 11.1. The molecule has 1 rings (SSSR count). The Morgan fingerprint density at radius 1 is 1.77 bits per heavy atom. The van der Waals surface area contributed by atoms with Crippen LogP contribution in [0, 0.1) is 0 Å². The SMILES string of the molecule is COC(=O)c1cc(NN)ncc1Cl. The summed E-state index contributed by atoms with van der Waals surface area (Å²) < 4.78 is 4.50. The van der Waals surface area contributed by atoms with Crippen LogP contribution in [0.1, 0.15) is 10.4 Å². The van der Waals surface area contributed by atoms with E-state index in [0.717, 1.165) is 0 Å². The molecule has 1 aromatic heterocycles. The van der Waals surface area contributed by atoms with E-state index in [9.17, 15) is 4.79 Å². The molecule has 70 valence electrons. The molecule has 0 atom stereocenters. The first-order valence-electron chi connectivity index (χ1n) is 3.39. The Kier molecular flexibility index (Phi) is 3.05. The number of nitrogen functional groups attached to an aromatic ring is 1. The molecule has 1 heterocycles. The van der Waals surface area contributed by atoms with Crippen molar-refractivity contribution in [3.8, 4) is 0 Å². The van der Waals surface area contributed by atoms with Gasteiger partial charge in [0.05, 0.1) is 17.7 Å². The van der Waals surface area contributed by atoms with E-state index in [1.807, 2.05) is 0 Å². The van der Waals surface area contributed by atoms with Crippen molar-refractivity contribution in [1.29, 1.82) is 0 Å². The van der Waals surface area contributed by atoms with Gasteiger partial charge in [-0.3, -0.25) is 0 Å². The van der Waals surface area contributed by atoms with Gasteiger partial charge in [0, 0.05) is 6.20 Å². The minimum absolute atomic E-state index is 0.228. The van der Waals surface area contributed by atoms with Gasteiger partial charge < -0.3 is 10.2 Å². The Morgan fingerprint density at radius 2 is 2.46 bits per heavy atom. The minimum Gasteiger partial charge on any atom is -0.465 e. The number of methoxy groups -OCH3 is 1. The third kappa shape index (κ3) is 2.07. The van der Waals surface area contributed by atoms with Crippen LogP contribution in [-0.2, 0) is 4.74 Å². The Hall–Kier alpha value is -1.33. The molecule has 6 heteroatoms. The number of nitrogens with two attached hydrogens (primary N) is 1. The minimum atomic E-state index is -0.524. The molecule has 0 unspecified atom stereocenters. The number of halogens is 1. The topological polar surface area (TPSA) is 77.2 Å². The van der Waals surface area contributed by atoms with Crippen LogP contribution in [0.2, 0.25) is 5.02 Å². The van der Waals surface area contributed by atoms with Crippen molar-refractivity contribution in [3.63, 3.8) is 0 Å². The highest BCUT2D eigenvalue weighted by atomic mass is 35.5. The number of anilines is 1. The van der Waals surface area contributed by atoms with Crippen LogP contribution >= 0.6 is 11.6 Å². The van der Waals surface area contributed by atoms with Crippen LogP contribution in [-0.4, -0.2) is 18.1 Å². The largest absolute Gasteiger partial charge is 0.465 e. The highest BCUT2D eigenvalue weighted by molar-refractivity contribution is 6.33. The normalized spacial score (nSPS) is 9.46. The number of carbonyl (C=O) groups excluding carboxylic acids is 1. The van der Waals surface area contributed by atoms with Crippen molar-refractivity contribution < 1.29 is 9.53 Å². The smallest absolute Gasteiger partial charge is 0.339 e. The zero-order valence-corrected chi connectivity index (χ0v) is 7.63. The van der Waals surface area contributed by atoms with Crippen molar-refractivity contribution in [3.05, 3.63) is 22.8 Å². The van der Waals surface area contributed by atoms with Gasteiger partial charge in [-0.2, -0.15) is 0 Å². The molecule has 0 fully saturated rings. The van der Waals surface area contributed by atoms with E-state index in [-0.39, 0.29) is 10.6 Å². The molecule has 0 spiro atoms. The zero-order valence-electron chi connectivity index (χ0n) is 6.87. The molecular formula is C7H8ClN3O2. The van der Waals surface area contributed by atoms with Gasteiger partial charge in [0.2, 0.25) is 0 Å². The first-order valence-corrected chi connectivity index (χ1v) is 3.77. The van der Waals surface area contributed by atoms with Gasteiger partial charge in [-0.1, -0.05) is 11.6 Å². The number of rotatable bonds is 2. The predicted octanol–water partition coefficient (Wildman–Crippen LogP) is 0.807. The fraction of sp³-hybridized carbons (Fsp3) is 0.143. The molecule has 1 aromatic rings. The number of hydrogen-bond acceptors (Lipinski definition) is 5. The molecule has 0 bridgehead atoms. The van der Waals surface area contributed by atoms with Crippen molar-refractivity contribution in [2.45, 2.75) is 0 Å². The van der Waals surface area contributed by atoms with Gasteiger partial charge in [0.15, 0.2) is 0 Å². The number of hydrogen-bond donors (Lipinski definition) is 2. The fourth-order valence-corrected chi connectivity index (χ4v) is 0.965. The number of carbonyl (C=O) groups is 1. The quantitative estimate of drug-likeness (QED) is 0.421. The van der Waals surface area contributed by atoms with Crippen LogP contribution < -0.4 is 11.3 Å². The summed E-state index contributed by atoms with van der Waals surface area (Å²) in [6.07, 6.45) is 1.32. The molecule has 0 aromatic carbocycles. The predicted molar refractivity (Wildman–Crippen MR) is 48.4 cm³/mol. The number of hydrazine groups is 1. The fourth-order valence-electron chi connectivity index (χ4n) is 0.784. The lowest BCUT2D eigenvalue weighted by Crippen LogP contribution is -2.10. The van der Waals surface area contributed by atoms with E-state index in [1.54, 1.807) is 0 Å². The first-order chi connectivity index (χ1) is 6.19. The summed E-state index contributed by atoms with van der Waals surface area (Å²) in [7, 11) is 1.27. The molecule has 3 N–H and O–H groups in total. The third-order valence-corrected chi connectivity index (χ3v) is 1.71. The lowest BCUT2D eigenvalue weighted by atomic mass is 10.2. The summed E-state index contributed by atoms with van der Waals surface area (Å²) >= 11 is 5.69. The third-order valence-electron chi connectivity index (χ3n) is 1.41. The van der Waals surface area contributed by atoms with Gasteiger partial charge in [-0.15, -0.1) is 0 Å². The molecule has 0 saturated heterocycles. The highest BCUT2D eigenvalue weighted by Gasteiger charge is 2.11. The van der Waals surface area contributed by atoms with Crippen LogP contribution in [0.15, 0.2) is 12.3 Å². The second-order valence-electron chi connectivity index (χ2n) is 2.19. The van der Waals surface area contributed by atoms with Crippen molar-refractivity contribution in [2.75, 3.05) is 12.5 Å². The van der Waals surface area contributed by atoms with Crippen LogP contribution in [0.3, 0.4) is 0 Å². The van der Waals surface area contributed by atoms with Gasteiger partial charge in [-0.05, 0) is 6.07 Å². The monoisotopic (exact) mass is 201 g/mol. The van der Waals surface area contributed by atoms with E-state index in [0.29, 0.717) is 5.82 Å². The van der Waals surface area contributed by atoms with E-state index < -0.39 is 5.97 Å². The molecule has 5 nitrogen and oxygen atoms in total. The lowest BCUT2D eigenvalue weighted by Gasteiger charge is -2.03. The zero-order chi connectivity index (χ0) is 9.84. The van der Waals surface area contributed by atoms with Gasteiger partial charge >= 0.3 is 5.97 Å². The van der Waals surface area contributed by atoms with Gasteiger partial charge in [0.1, 0.15) is 5.82 Å². The number of ether oxygens (including phenoxy) is 1. The van der Waals surface area contributed by atoms with Crippen LogP contribution in [0.5, 0.6) is 0 Å². The van der Waals surface area contributed by atoms with Crippen LogP contribution in [0.25, 0.3) is 0 Å². The summed E-state index contributed by atoms with van der Waals surface area (Å²) in [6.45, 7) is 0. The molecule has 0 aliphatic carbocycles. The highest BCUT2D eigenvalue weighted by Crippen LogP contribution is 2.17. The van der Waals surface area contributed by atoms with Crippen LogP contribution in [0.4, 0.5) is 5.82 Å². The molecule has 0 aliphatic heterocycles. The maximum absolute atomic E-state index is 11.1. The molecular weight excluding hydrogens is 194 g/mol. The summed E-state index contributed by atoms with van der Waals surface area (Å²) in [4.78, 5) is 14.9. The summed E-state index contributed by atoms with van der Waals surface area (Å²) in [5, 5.41) is 0.228. The molecule has 0 aliphatic rings. The average molecular weight is 202 g/mol. The Labute approximate surface area is 79.8 Å². The van der Waals surface area contributed by atoms with Gasteiger partial charge in [-0.25, -0.2) is 15.6 Å². The molecule has 0 radical (unpaired) electrons. The average Bonchev–Trinajstić information content (AvgIpc) is 2.17. The number of pyridine rings is 1. The lowest BCUT2D eigenvalue weighted by molar-refractivity contribution is 0.0601. The maximum Gasteiger partial charge on any atom is 0.339 e. The van der Waals surface area contributed by atoms with E-state index in [2.05, 4.69) is 15.1 Å². The van der Waals surface area contributed by atoms with E-state index in [1.165, 1.54) is 19.4 Å². The Bertz CT molecular complexity index is 330. The number of aromatic nitrogens is 1. The molecule has 0 saturated carbocycles. The molecule has 13 heavy (non-hydrogen) atoms. The van der Waals surface area contributed by atoms with Crippen molar-refractivity contribution >= 4 is 23.4 Å². The Balaban J connectivity index is 3.11. The van der Waals surface area contributed by atoms with E-state index >= 15 is 0 Å². The standard InChI is InChI=1S/C7H8ClN3O2/c1-13-7(12)4-2-6(11-9)10-3-5(4)8/h2-3H,9H2,1H3,(H,10,11). The second kappa shape index (κ2) is 4.06. The number of nitrogens with zero attached hydrogens (tertiary/aromatic N) is 1. The summed E-state index contributed by atoms with van der Waals surface area (Å²) in [5.74, 6) is 4.93. The second-order valence-corrected chi connectivity index (χ2v) is 2.59. The molecule has 0 amide bonds. The van der Waals surface area contributed by atoms with Crippen molar-refractivity contribution in [1.82, 2.24) is 4.98 Å².